The molecule has 1 atom stereocenters. The first-order chi connectivity index (χ1) is 10.2. The van der Waals surface area contributed by atoms with Crippen LogP contribution in [0.1, 0.15) is 45.1 Å². The van der Waals surface area contributed by atoms with Crippen LogP contribution >= 0.6 is 11.6 Å². The van der Waals surface area contributed by atoms with Gasteiger partial charge in [-0.1, -0.05) is 25.4 Å². The highest BCUT2D eigenvalue weighted by Gasteiger charge is 2.41. The highest BCUT2D eigenvalue weighted by atomic mass is 35.5. The molecule has 21 heavy (non-hydrogen) atoms. The topological polar surface area (TPSA) is 54.2 Å². The van der Waals surface area contributed by atoms with Gasteiger partial charge >= 0.3 is 0 Å². The number of halogens is 1. The number of nitrogens with one attached hydrogen (secondary N) is 1. The third-order valence-corrected chi connectivity index (χ3v) is 5.43. The normalized spacial score (nSPS) is 18.1. The molecule has 0 spiro atoms. The summed E-state index contributed by atoms with van der Waals surface area (Å²) in [6.07, 6.45) is 9.08. The number of pyridine rings is 1. The Kier molecular flexibility index (Phi) is 5.99. The molecule has 2 heterocycles. The maximum Gasteiger partial charge on any atom is 0.0621 e. The zero-order valence-electron chi connectivity index (χ0n) is 13.1. The summed E-state index contributed by atoms with van der Waals surface area (Å²) in [5.74, 6) is 5.94. The minimum Gasteiger partial charge on any atom is -0.296 e. The Hall–Kier alpha value is -0.680. The number of likely N-dealkylation sites (tertiary alicyclic amines) is 1. The van der Waals surface area contributed by atoms with Crippen LogP contribution < -0.4 is 11.3 Å². The van der Waals surface area contributed by atoms with E-state index < -0.39 is 0 Å². The van der Waals surface area contributed by atoms with Crippen molar-refractivity contribution < 1.29 is 0 Å². The number of hydrogen-bond acceptors (Lipinski definition) is 4. The van der Waals surface area contributed by atoms with E-state index in [0.717, 1.165) is 29.8 Å². The summed E-state index contributed by atoms with van der Waals surface area (Å²) in [5.41, 5.74) is 4.28. The number of aromatic nitrogens is 1. The molecule has 0 bridgehead atoms. The van der Waals surface area contributed by atoms with E-state index in [1.165, 1.54) is 25.9 Å². The van der Waals surface area contributed by atoms with Gasteiger partial charge in [0.25, 0.3) is 0 Å². The SMILES string of the molecule is CCC(CC)(C(Cc1ccncc1Cl)NN)N1CCCC1. The molecule has 1 aliphatic heterocycles. The van der Waals surface area contributed by atoms with Crippen LogP contribution in [0, 0.1) is 0 Å². The Morgan fingerprint density at radius 3 is 2.57 bits per heavy atom. The summed E-state index contributed by atoms with van der Waals surface area (Å²) in [4.78, 5) is 6.68. The Morgan fingerprint density at radius 1 is 1.38 bits per heavy atom. The predicted molar refractivity (Wildman–Crippen MR) is 88.2 cm³/mol. The van der Waals surface area contributed by atoms with Crippen molar-refractivity contribution in [3.8, 4) is 0 Å². The predicted octanol–water partition coefficient (Wildman–Crippen LogP) is 2.76. The largest absolute Gasteiger partial charge is 0.296 e. The van der Waals surface area contributed by atoms with Crippen LogP contribution in [-0.4, -0.2) is 34.6 Å². The van der Waals surface area contributed by atoms with Gasteiger partial charge in [0, 0.05) is 24.0 Å². The summed E-state index contributed by atoms with van der Waals surface area (Å²) in [6.45, 7) is 6.87. The van der Waals surface area contributed by atoms with Crippen LogP contribution in [0.25, 0.3) is 0 Å². The molecule has 1 aromatic rings. The van der Waals surface area contributed by atoms with Crippen molar-refractivity contribution in [3.63, 3.8) is 0 Å². The summed E-state index contributed by atoms with van der Waals surface area (Å²) in [5, 5.41) is 0.722. The molecule has 0 saturated carbocycles. The molecular weight excluding hydrogens is 284 g/mol. The lowest BCUT2D eigenvalue weighted by Gasteiger charge is -2.46. The minimum atomic E-state index is 0.0951. The van der Waals surface area contributed by atoms with Crippen LogP contribution in [0.2, 0.25) is 5.02 Å². The minimum absolute atomic E-state index is 0.0951. The lowest BCUT2D eigenvalue weighted by atomic mass is 9.80. The fourth-order valence-electron chi connectivity index (χ4n) is 3.77. The van der Waals surface area contributed by atoms with Gasteiger partial charge in [0.2, 0.25) is 0 Å². The van der Waals surface area contributed by atoms with Crippen LogP contribution in [0.3, 0.4) is 0 Å². The van der Waals surface area contributed by atoms with E-state index in [-0.39, 0.29) is 11.6 Å². The van der Waals surface area contributed by atoms with Gasteiger partial charge in [0.05, 0.1) is 5.02 Å². The van der Waals surface area contributed by atoms with Crippen molar-refractivity contribution in [3.05, 3.63) is 29.0 Å². The molecule has 5 heteroatoms. The number of nitrogens with two attached hydrogens (primary N) is 1. The van der Waals surface area contributed by atoms with Gasteiger partial charge in [-0.25, -0.2) is 0 Å². The van der Waals surface area contributed by atoms with E-state index in [2.05, 4.69) is 29.2 Å². The lowest BCUT2D eigenvalue weighted by Crippen LogP contribution is -2.62. The second-order valence-corrected chi connectivity index (χ2v) is 6.30. The molecule has 0 radical (unpaired) electrons. The van der Waals surface area contributed by atoms with Gasteiger partial charge in [-0.2, -0.15) is 0 Å². The second kappa shape index (κ2) is 7.54. The maximum absolute atomic E-state index is 6.28. The first-order valence-electron chi connectivity index (χ1n) is 7.97. The molecule has 118 valence electrons. The van der Waals surface area contributed by atoms with Gasteiger partial charge in [-0.15, -0.1) is 0 Å². The van der Waals surface area contributed by atoms with Crippen molar-refractivity contribution in [2.75, 3.05) is 13.1 Å². The van der Waals surface area contributed by atoms with Gasteiger partial charge in [-0.05, 0) is 56.8 Å². The van der Waals surface area contributed by atoms with Crippen molar-refractivity contribution in [2.45, 2.75) is 57.5 Å². The highest BCUT2D eigenvalue weighted by Crippen LogP contribution is 2.33. The summed E-state index contributed by atoms with van der Waals surface area (Å²) >= 11 is 6.28. The van der Waals surface area contributed by atoms with Gasteiger partial charge in [-0.3, -0.25) is 21.2 Å². The zero-order chi connectivity index (χ0) is 15.3. The van der Waals surface area contributed by atoms with Crippen LogP contribution in [0.15, 0.2) is 18.5 Å². The first-order valence-corrected chi connectivity index (χ1v) is 8.35. The standard InChI is InChI=1S/C16H27ClN4/c1-3-16(4-2,21-9-5-6-10-21)15(20-18)11-13-7-8-19-12-14(13)17/h7-8,12,15,20H,3-6,9-11,18H2,1-2H3. The van der Waals surface area contributed by atoms with Gasteiger partial charge in [0.1, 0.15) is 0 Å². The Labute approximate surface area is 133 Å². The van der Waals surface area contributed by atoms with Crippen molar-refractivity contribution >= 4 is 11.6 Å². The monoisotopic (exact) mass is 310 g/mol. The van der Waals surface area contributed by atoms with Crippen molar-refractivity contribution in [1.29, 1.82) is 0 Å². The number of hydrogen-bond donors (Lipinski definition) is 2. The third-order valence-electron chi connectivity index (χ3n) is 5.09. The molecule has 1 unspecified atom stereocenters. The first kappa shape index (κ1) is 16.7. The van der Waals surface area contributed by atoms with Crippen LogP contribution in [-0.2, 0) is 6.42 Å². The van der Waals surface area contributed by atoms with E-state index in [9.17, 15) is 0 Å². The van der Waals surface area contributed by atoms with Gasteiger partial charge in [0.15, 0.2) is 0 Å². The molecule has 3 N–H and O–H groups in total. The Morgan fingerprint density at radius 2 is 2.05 bits per heavy atom. The number of rotatable bonds is 7. The quantitative estimate of drug-likeness (QED) is 0.600. The number of hydrazine groups is 1. The van der Waals surface area contributed by atoms with E-state index in [4.69, 9.17) is 17.4 Å². The van der Waals surface area contributed by atoms with E-state index in [0.29, 0.717) is 0 Å². The lowest BCUT2D eigenvalue weighted by molar-refractivity contribution is 0.0620. The van der Waals surface area contributed by atoms with E-state index >= 15 is 0 Å². The summed E-state index contributed by atoms with van der Waals surface area (Å²) in [7, 11) is 0. The number of nitrogens with zero attached hydrogens (tertiary/aromatic N) is 2. The molecular formula is C16H27ClN4. The van der Waals surface area contributed by atoms with Crippen molar-refractivity contribution in [1.82, 2.24) is 15.3 Å². The van der Waals surface area contributed by atoms with E-state index in [1.807, 2.05) is 6.07 Å². The fourth-order valence-corrected chi connectivity index (χ4v) is 3.96. The molecule has 1 aliphatic rings. The third kappa shape index (κ3) is 3.39. The maximum atomic E-state index is 6.28. The molecule has 2 rings (SSSR count). The molecule has 4 nitrogen and oxygen atoms in total. The molecule has 0 aliphatic carbocycles. The van der Waals surface area contributed by atoms with Gasteiger partial charge < -0.3 is 0 Å². The fraction of sp³-hybridized carbons (Fsp3) is 0.688. The highest BCUT2D eigenvalue weighted by molar-refractivity contribution is 6.31. The van der Waals surface area contributed by atoms with Crippen molar-refractivity contribution in [2.24, 2.45) is 5.84 Å². The summed E-state index contributed by atoms with van der Waals surface area (Å²) in [6, 6.07) is 2.18. The Balaban J connectivity index is 2.25. The molecule has 0 aromatic carbocycles. The smallest absolute Gasteiger partial charge is 0.0621 e. The average molecular weight is 311 g/mol. The van der Waals surface area contributed by atoms with Crippen LogP contribution in [0.5, 0.6) is 0 Å². The molecule has 1 saturated heterocycles. The zero-order valence-corrected chi connectivity index (χ0v) is 13.9. The Bertz CT molecular complexity index is 442. The average Bonchev–Trinajstić information content (AvgIpc) is 3.04. The molecule has 1 fully saturated rings. The van der Waals surface area contributed by atoms with Crippen LogP contribution in [0.4, 0.5) is 0 Å². The molecule has 0 amide bonds. The van der Waals surface area contributed by atoms with E-state index in [1.54, 1.807) is 12.4 Å². The summed E-state index contributed by atoms with van der Waals surface area (Å²) < 4.78 is 0. The second-order valence-electron chi connectivity index (χ2n) is 5.90. The molecule has 1 aromatic heterocycles.